The SMILES string of the molecule is Nc1ncnc2c1c(-c1ccc3c(c1)OC(c1ccccn1)CC3)cn2C1CC(CN2CCS(=O)(=O)CC2)C1. The van der Waals surface area contributed by atoms with E-state index in [0.29, 0.717) is 30.9 Å². The van der Waals surface area contributed by atoms with Gasteiger partial charge >= 0.3 is 0 Å². The highest BCUT2D eigenvalue weighted by atomic mass is 32.2. The maximum absolute atomic E-state index is 11.8. The van der Waals surface area contributed by atoms with Crippen molar-refractivity contribution >= 4 is 26.7 Å². The van der Waals surface area contributed by atoms with Crippen molar-refractivity contribution in [2.75, 3.05) is 36.9 Å². The van der Waals surface area contributed by atoms with Crippen LogP contribution < -0.4 is 10.5 Å². The number of aromatic nitrogens is 4. The Hall–Kier alpha value is -3.50. The van der Waals surface area contributed by atoms with Crippen molar-refractivity contribution in [2.45, 2.75) is 37.8 Å². The summed E-state index contributed by atoms with van der Waals surface area (Å²) in [5, 5.41) is 0.874. The molecule has 1 saturated carbocycles. The molecule has 2 fully saturated rings. The fourth-order valence-electron chi connectivity index (χ4n) is 6.29. The van der Waals surface area contributed by atoms with Crippen LogP contribution in [0.1, 0.15) is 42.7 Å². The number of nitrogens with two attached hydrogens (primary N) is 1. The first kappa shape index (κ1) is 24.5. The molecule has 1 aliphatic carbocycles. The lowest BCUT2D eigenvalue weighted by Crippen LogP contribution is -2.44. The van der Waals surface area contributed by atoms with Crippen LogP contribution in [0, 0.1) is 5.92 Å². The summed E-state index contributed by atoms with van der Waals surface area (Å²) in [4.78, 5) is 15.8. The molecule has 4 aromatic rings. The molecule has 3 aliphatic rings. The van der Waals surface area contributed by atoms with E-state index in [0.717, 1.165) is 65.8 Å². The third-order valence-corrected chi connectivity index (χ3v) is 10.1. The maximum atomic E-state index is 11.8. The van der Waals surface area contributed by atoms with Crippen LogP contribution in [0.4, 0.5) is 5.82 Å². The predicted octanol–water partition coefficient (Wildman–Crippen LogP) is 3.82. The van der Waals surface area contributed by atoms with E-state index in [9.17, 15) is 8.42 Å². The van der Waals surface area contributed by atoms with E-state index in [4.69, 9.17) is 10.5 Å². The van der Waals surface area contributed by atoms with Gasteiger partial charge in [0.2, 0.25) is 0 Å². The zero-order chi connectivity index (χ0) is 26.6. The van der Waals surface area contributed by atoms with Crippen LogP contribution in [0.2, 0.25) is 0 Å². The fourth-order valence-corrected chi connectivity index (χ4v) is 7.57. The number of ether oxygens (including phenoxy) is 1. The molecular weight excluding hydrogens is 512 g/mol. The van der Waals surface area contributed by atoms with Gasteiger partial charge in [-0.15, -0.1) is 0 Å². The van der Waals surface area contributed by atoms with Crippen molar-refractivity contribution in [1.29, 1.82) is 0 Å². The van der Waals surface area contributed by atoms with Crippen molar-refractivity contribution < 1.29 is 13.2 Å². The van der Waals surface area contributed by atoms with Gasteiger partial charge in [0.15, 0.2) is 9.84 Å². The molecular formula is C29H32N6O3S. The molecule has 202 valence electrons. The molecule has 3 aromatic heterocycles. The molecule has 2 aliphatic heterocycles. The minimum absolute atomic E-state index is 0.0596. The zero-order valence-corrected chi connectivity index (χ0v) is 22.6. The molecule has 1 saturated heterocycles. The first-order valence-electron chi connectivity index (χ1n) is 13.7. The smallest absolute Gasteiger partial charge is 0.152 e. The van der Waals surface area contributed by atoms with Crippen LogP contribution in [-0.2, 0) is 16.3 Å². The summed E-state index contributed by atoms with van der Waals surface area (Å²) in [6.45, 7) is 2.24. The molecule has 2 N–H and O–H groups in total. The van der Waals surface area contributed by atoms with Crippen molar-refractivity contribution in [3.63, 3.8) is 0 Å². The zero-order valence-electron chi connectivity index (χ0n) is 21.7. The molecule has 5 heterocycles. The number of aryl methyl sites for hydroxylation is 1. The van der Waals surface area contributed by atoms with Crippen LogP contribution in [0.25, 0.3) is 22.2 Å². The summed E-state index contributed by atoms with van der Waals surface area (Å²) < 4.78 is 32.2. The Balaban J connectivity index is 1.14. The van der Waals surface area contributed by atoms with E-state index in [1.54, 1.807) is 0 Å². The number of pyridine rings is 1. The Morgan fingerprint density at radius 2 is 1.90 bits per heavy atom. The molecule has 0 amide bonds. The van der Waals surface area contributed by atoms with Gasteiger partial charge in [-0.25, -0.2) is 18.4 Å². The highest BCUT2D eigenvalue weighted by molar-refractivity contribution is 7.91. The molecule has 1 atom stereocenters. The van der Waals surface area contributed by atoms with Gasteiger partial charge < -0.3 is 19.9 Å². The molecule has 10 heteroatoms. The van der Waals surface area contributed by atoms with Gasteiger partial charge in [0.25, 0.3) is 0 Å². The van der Waals surface area contributed by atoms with Crippen LogP contribution in [0.3, 0.4) is 0 Å². The van der Waals surface area contributed by atoms with Crippen molar-refractivity contribution in [1.82, 2.24) is 24.4 Å². The number of anilines is 1. The summed E-state index contributed by atoms with van der Waals surface area (Å²) in [7, 11) is -2.85. The lowest BCUT2D eigenvalue weighted by atomic mass is 9.79. The Labute approximate surface area is 228 Å². The fraction of sp³-hybridized carbons (Fsp3) is 0.414. The summed E-state index contributed by atoms with van der Waals surface area (Å²) >= 11 is 0. The third-order valence-electron chi connectivity index (χ3n) is 8.54. The van der Waals surface area contributed by atoms with Gasteiger partial charge in [-0.2, -0.15) is 0 Å². The van der Waals surface area contributed by atoms with Gasteiger partial charge in [-0.05, 0) is 60.9 Å². The van der Waals surface area contributed by atoms with E-state index >= 15 is 0 Å². The molecule has 1 unspecified atom stereocenters. The second-order valence-electron chi connectivity index (χ2n) is 11.1. The van der Waals surface area contributed by atoms with E-state index in [-0.39, 0.29) is 17.6 Å². The predicted molar refractivity (Wildman–Crippen MR) is 150 cm³/mol. The first-order valence-corrected chi connectivity index (χ1v) is 15.5. The maximum Gasteiger partial charge on any atom is 0.152 e. The topological polar surface area (TPSA) is 116 Å². The monoisotopic (exact) mass is 544 g/mol. The molecule has 39 heavy (non-hydrogen) atoms. The Bertz CT molecular complexity index is 1620. The molecule has 0 spiro atoms. The number of hydrogen-bond donors (Lipinski definition) is 1. The van der Waals surface area contributed by atoms with Crippen LogP contribution in [-0.4, -0.2) is 64.0 Å². The minimum atomic E-state index is -2.85. The molecule has 0 radical (unpaired) electrons. The van der Waals surface area contributed by atoms with E-state index in [1.807, 2.05) is 24.4 Å². The number of hydrogen-bond acceptors (Lipinski definition) is 8. The molecule has 1 aromatic carbocycles. The van der Waals surface area contributed by atoms with Crippen LogP contribution in [0.15, 0.2) is 55.1 Å². The highest BCUT2D eigenvalue weighted by Crippen LogP contribution is 2.44. The second-order valence-corrected chi connectivity index (χ2v) is 13.4. The third kappa shape index (κ3) is 4.65. The van der Waals surface area contributed by atoms with Crippen molar-refractivity contribution in [3.05, 3.63) is 66.4 Å². The summed E-state index contributed by atoms with van der Waals surface area (Å²) in [5.74, 6) is 2.47. The van der Waals surface area contributed by atoms with E-state index in [1.165, 1.54) is 11.9 Å². The van der Waals surface area contributed by atoms with E-state index in [2.05, 4.69) is 48.8 Å². The Kier molecular flexibility index (Phi) is 6.04. The standard InChI is InChI=1S/C29H32N6O3S/c30-28-27-23(21-5-4-20-6-7-25(38-26(20)15-21)24-3-1-2-8-31-24)17-35(29(27)33-18-32-28)22-13-19(14-22)16-34-9-11-39(36,37)12-10-34/h1-5,8,15,17-19,22,25H,6-7,9-14,16H2,(H2,30,32,33). The minimum Gasteiger partial charge on any atom is -0.484 e. The number of sulfone groups is 1. The lowest BCUT2D eigenvalue weighted by molar-refractivity contribution is 0.136. The van der Waals surface area contributed by atoms with Gasteiger partial charge in [0.1, 0.15) is 29.6 Å². The molecule has 0 bridgehead atoms. The van der Waals surface area contributed by atoms with Gasteiger partial charge in [-0.3, -0.25) is 4.98 Å². The number of nitrogen functional groups attached to an aromatic ring is 1. The average molecular weight is 545 g/mol. The summed E-state index contributed by atoms with van der Waals surface area (Å²) in [5.41, 5.74) is 11.5. The molecule has 9 nitrogen and oxygen atoms in total. The lowest BCUT2D eigenvalue weighted by Gasteiger charge is -2.40. The van der Waals surface area contributed by atoms with E-state index < -0.39 is 9.84 Å². The number of rotatable bonds is 5. The first-order chi connectivity index (χ1) is 18.9. The Morgan fingerprint density at radius 1 is 1.05 bits per heavy atom. The highest BCUT2D eigenvalue weighted by Gasteiger charge is 2.35. The summed E-state index contributed by atoms with van der Waals surface area (Å²) in [6, 6.07) is 12.7. The number of fused-ring (bicyclic) bond motifs is 2. The van der Waals surface area contributed by atoms with Crippen molar-refractivity contribution in [3.8, 4) is 16.9 Å². The van der Waals surface area contributed by atoms with Gasteiger partial charge in [0, 0.05) is 43.6 Å². The number of nitrogens with zero attached hydrogens (tertiary/aromatic N) is 5. The normalized spacial score (nSPS) is 24.6. The number of benzene rings is 1. The Morgan fingerprint density at radius 3 is 2.69 bits per heavy atom. The molecule has 7 rings (SSSR count). The average Bonchev–Trinajstić information content (AvgIpc) is 3.31. The van der Waals surface area contributed by atoms with Gasteiger partial charge in [-0.1, -0.05) is 18.2 Å². The van der Waals surface area contributed by atoms with Gasteiger partial charge in [0.05, 0.1) is 22.6 Å². The van der Waals surface area contributed by atoms with Crippen LogP contribution >= 0.6 is 0 Å². The second kappa shape index (κ2) is 9.60. The van der Waals surface area contributed by atoms with Crippen molar-refractivity contribution in [2.24, 2.45) is 5.92 Å². The summed E-state index contributed by atoms with van der Waals surface area (Å²) in [6.07, 6.45) is 9.38. The van der Waals surface area contributed by atoms with Crippen LogP contribution in [0.5, 0.6) is 5.75 Å². The largest absolute Gasteiger partial charge is 0.484 e. The quantitative estimate of drug-likeness (QED) is 0.403.